The molecule has 0 aromatic carbocycles. The Morgan fingerprint density at radius 1 is 1.50 bits per heavy atom. The molecule has 1 aliphatic heterocycles. The summed E-state index contributed by atoms with van der Waals surface area (Å²) in [5, 5.41) is 18.9. The zero-order chi connectivity index (χ0) is 6.04. The van der Waals surface area contributed by atoms with Crippen LogP contribution >= 0.6 is 0 Å². The van der Waals surface area contributed by atoms with Crippen molar-refractivity contribution in [1.82, 2.24) is 0 Å². The van der Waals surface area contributed by atoms with Gasteiger partial charge < -0.3 is 14.7 Å². The standard InChI is InChI=1S/C5H11NO2/c7-4-6(5-8)2-1-3-6/h7H,1-5H2. The van der Waals surface area contributed by atoms with Gasteiger partial charge in [-0.1, -0.05) is 0 Å². The predicted molar refractivity (Wildman–Crippen MR) is 26.6 cm³/mol. The van der Waals surface area contributed by atoms with Crippen LogP contribution in [-0.2, 0) is 0 Å². The van der Waals surface area contributed by atoms with Crippen molar-refractivity contribution in [2.45, 2.75) is 6.42 Å². The van der Waals surface area contributed by atoms with Crippen molar-refractivity contribution in [2.75, 3.05) is 26.6 Å². The molecule has 1 saturated heterocycles. The van der Waals surface area contributed by atoms with Crippen molar-refractivity contribution >= 4 is 0 Å². The molecule has 0 unspecified atom stereocenters. The summed E-state index contributed by atoms with van der Waals surface area (Å²) < 4.78 is 0.389. The molecular weight excluding hydrogens is 106 g/mol. The van der Waals surface area contributed by atoms with Gasteiger partial charge in [-0.15, -0.1) is 0 Å². The number of hydrogen-bond acceptors (Lipinski definition) is 2. The average molecular weight is 117 g/mol. The van der Waals surface area contributed by atoms with Crippen LogP contribution in [-0.4, -0.2) is 36.1 Å². The van der Waals surface area contributed by atoms with Crippen LogP contribution < -0.4 is 5.11 Å². The molecule has 0 spiro atoms. The minimum atomic E-state index is -0.156. The molecule has 0 amide bonds. The molecule has 0 saturated carbocycles. The molecule has 8 heavy (non-hydrogen) atoms. The van der Waals surface area contributed by atoms with Crippen molar-refractivity contribution in [3.63, 3.8) is 0 Å². The van der Waals surface area contributed by atoms with E-state index in [1.54, 1.807) is 0 Å². The molecule has 1 heterocycles. The summed E-state index contributed by atoms with van der Waals surface area (Å²) in [6, 6.07) is 0. The van der Waals surface area contributed by atoms with Crippen LogP contribution in [0.3, 0.4) is 0 Å². The number of likely N-dealkylation sites (tertiary alicyclic amines) is 1. The number of aliphatic hydroxyl groups excluding tert-OH is 1. The first-order chi connectivity index (χ1) is 3.83. The zero-order valence-electron chi connectivity index (χ0n) is 4.84. The van der Waals surface area contributed by atoms with Crippen LogP contribution in [0.1, 0.15) is 6.42 Å². The topological polar surface area (TPSA) is 43.3 Å². The Hall–Kier alpha value is -0.120. The van der Waals surface area contributed by atoms with Gasteiger partial charge in [-0.3, -0.25) is 0 Å². The second-order valence-corrected chi connectivity index (χ2v) is 2.41. The summed E-state index contributed by atoms with van der Waals surface area (Å²) >= 11 is 0. The van der Waals surface area contributed by atoms with Crippen LogP contribution in [0.25, 0.3) is 0 Å². The van der Waals surface area contributed by atoms with E-state index in [1.807, 2.05) is 0 Å². The van der Waals surface area contributed by atoms with Gasteiger partial charge in [-0.25, -0.2) is 0 Å². The summed E-state index contributed by atoms with van der Waals surface area (Å²) in [6.07, 6.45) is 1.10. The van der Waals surface area contributed by atoms with E-state index in [2.05, 4.69) is 0 Å². The molecule has 1 N–H and O–H groups in total. The molecule has 1 fully saturated rings. The van der Waals surface area contributed by atoms with Gasteiger partial charge in [-0.2, -0.15) is 0 Å². The molecule has 3 heteroatoms. The summed E-state index contributed by atoms with van der Waals surface area (Å²) in [6.45, 7) is 1.62. The van der Waals surface area contributed by atoms with Crippen molar-refractivity contribution in [1.29, 1.82) is 0 Å². The van der Waals surface area contributed by atoms with Crippen LogP contribution in [0, 0.1) is 0 Å². The van der Waals surface area contributed by atoms with Crippen molar-refractivity contribution in [3.05, 3.63) is 0 Å². The van der Waals surface area contributed by atoms with Gasteiger partial charge in [0, 0.05) is 13.2 Å². The SMILES string of the molecule is [O-]C[N+]1(CO)CCC1. The summed E-state index contributed by atoms with van der Waals surface area (Å²) in [5.41, 5.74) is 0. The van der Waals surface area contributed by atoms with E-state index in [-0.39, 0.29) is 13.5 Å². The maximum atomic E-state index is 10.3. The summed E-state index contributed by atoms with van der Waals surface area (Å²) in [7, 11) is 0. The molecule has 0 aliphatic carbocycles. The first-order valence-electron chi connectivity index (χ1n) is 2.87. The van der Waals surface area contributed by atoms with Gasteiger partial charge in [-0.05, 0) is 0 Å². The monoisotopic (exact) mass is 117 g/mol. The third-order valence-corrected chi connectivity index (χ3v) is 1.84. The smallest absolute Gasteiger partial charge is 0.179 e. The van der Waals surface area contributed by atoms with E-state index in [0.29, 0.717) is 4.48 Å². The minimum absolute atomic E-state index is 0.0312. The van der Waals surface area contributed by atoms with Crippen LogP contribution in [0.15, 0.2) is 0 Å². The number of nitrogens with zero attached hydrogens (tertiary/aromatic N) is 1. The number of quaternary nitrogens is 1. The molecule has 0 aromatic rings. The van der Waals surface area contributed by atoms with Gasteiger partial charge in [0.1, 0.15) is 0 Å². The maximum Gasteiger partial charge on any atom is 0.179 e. The number of hydrogen-bond donors (Lipinski definition) is 1. The van der Waals surface area contributed by atoms with Crippen LogP contribution in [0.2, 0.25) is 0 Å². The molecule has 1 rings (SSSR count). The first-order valence-corrected chi connectivity index (χ1v) is 2.87. The number of rotatable bonds is 2. The van der Waals surface area contributed by atoms with Crippen molar-refractivity contribution in [3.8, 4) is 0 Å². The average Bonchev–Trinajstić information content (AvgIpc) is 1.67. The molecule has 0 bridgehead atoms. The van der Waals surface area contributed by atoms with E-state index in [0.717, 1.165) is 19.5 Å². The second kappa shape index (κ2) is 2.01. The highest BCUT2D eigenvalue weighted by Crippen LogP contribution is 2.15. The van der Waals surface area contributed by atoms with E-state index >= 15 is 0 Å². The second-order valence-electron chi connectivity index (χ2n) is 2.41. The van der Waals surface area contributed by atoms with Gasteiger partial charge in [0.2, 0.25) is 0 Å². The lowest BCUT2D eigenvalue weighted by Crippen LogP contribution is -2.61. The lowest BCUT2D eigenvalue weighted by Gasteiger charge is -2.46. The van der Waals surface area contributed by atoms with E-state index in [1.165, 1.54) is 0 Å². The molecule has 3 nitrogen and oxygen atoms in total. The lowest BCUT2D eigenvalue weighted by molar-refractivity contribution is -1.03. The Bertz CT molecular complexity index is 67.0. The molecule has 0 atom stereocenters. The Morgan fingerprint density at radius 3 is 2.12 bits per heavy atom. The fraction of sp³-hybridized carbons (Fsp3) is 1.00. The number of aliphatic hydroxyl groups is 1. The summed E-state index contributed by atoms with van der Waals surface area (Å²) in [5.74, 6) is 0. The third kappa shape index (κ3) is 0.727. The fourth-order valence-electron chi connectivity index (χ4n) is 0.917. The first kappa shape index (κ1) is 6.01. The predicted octanol–water partition coefficient (Wildman–Crippen LogP) is -1.53. The largest absolute Gasteiger partial charge is 0.809 e. The van der Waals surface area contributed by atoms with E-state index in [4.69, 9.17) is 5.11 Å². The van der Waals surface area contributed by atoms with Crippen LogP contribution in [0.4, 0.5) is 0 Å². The van der Waals surface area contributed by atoms with Gasteiger partial charge in [0.05, 0.1) is 13.1 Å². The third-order valence-electron chi connectivity index (χ3n) is 1.84. The highest BCUT2D eigenvalue weighted by molar-refractivity contribution is 4.47. The minimum Gasteiger partial charge on any atom is -0.809 e. The molecular formula is C5H11NO2. The Morgan fingerprint density at radius 2 is 2.12 bits per heavy atom. The zero-order valence-corrected chi connectivity index (χ0v) is 4.84. The van der Waals surface area contributed by atoms with Gasteiger partial charge in [0.25, 0.3) is 0 Å². The Kier molecular flexibility index (Phi) is 1.51. The Labute approximate surface area is 48.8 Å². The summed E-state index contributed by atoms with van der Waals surface area (Å²) in [4.78, 5) is 0. The highest BCUT2D eigenvalue weighted by Gasteiger charge is 2.30. The van der Waals surface area contributed by atoms with Crippen LogP contribution in [0.5, 0.6) is 0 Å². The van der Waals surface area contributed by atoms with E-state index in [9.17, 15) is 5.11 Å². The highest BCUT2D eigenvalue weighted by atomic mass is 16.3. The van der Waals surface area contributed by atoms with Crippen molar-refractivity contribution in [2.24, 2.45) is 0 Å². The lowest BCUT2D eigenvalue weighted by atomic mass is 10.2. The maximum absolute atomic E-state index is 10.3. The molecule has 48 valence electrons. The molecule has 1 aliphatic rings. The van der Waals surface area contributed by atoms with E-state index < -0.39 is 0 Å². The molecule has 0 radical (unpaired) electrons. The fourth-order valence-corrected chi connectivity index (χ4v) is 0.917. The quantitative estimate of drug-likeness (QED) is 0.446. The van der Waals surface area contributed by atoms with Gasteiger partial charge in [0.15, 0.2) is 6.73 Å². The molecule has 0 aromatic heterocycles. The Balaban J connectivity index is 2.33. The van der Waals surface area contributed by atoms with Crippen molar-refractivity contribution < 1.29 is 14.7 Å². The van der Waals surface area contributed by atoms with Gasteiger partial charge >= 0.3 is 0 Å². The normalized spacial score (nSPS) is 24.8.